The van der Waals surface area contributed by atoms with Gasteiger partial charge in [-0.2, -0.15) is 0 Å². The second-order valence-electron chi connectivity index (χ2n) is 12.4. The molecule has 9 heteroatoms. The van der Waals surface area contributed by atoms with Crippen LogP contribution in [0.15, 0.2) is 109 Å². The lowest BCUT2D eigenvalue weighted by molar-refractivity contribution is -0.149. The van der Waals surface area contributed by atoms with Gasteiger partial charge < -0.3 is 24.5 Å². The van der Waals surface area contributed by atoms with E-state index in [1.54, 1.807) is 34.1 Å². The summed E-state index contributed by atoms with van der Waals surface area (Å²) >= 11 is 6.18. The van der Waals surface area contributed by atoms with Crippen LogP contribution in [0.5, 0.6) is 0 Å². The number of carbonyl (C=O) groups excluding carboxylic acids is 3. The normalized spacial score (nSPS) is 29.3. The molecule has 3 aromatic carbocycles. The van der Waals surface area contributed by atoms with Crippen molar-refractivity contribution in [1.82, 2.24) is 4.90 Å². The third kappa shape index (κ3) is 4.70. The van der Waals surface area contributed by atoms with Crippen molar-refractivity contribution in [1.29, 1.82) is 0 Å². The first-order valence-electron chi connectivity index (χ1n) is 15.8. The molecule has 0 saturated carbocycles. The number of hydrogen-bond donors (Lipinski definition) is 1. The zero-order valence-electron chi connectivity index (χ0n) is 25.5. The van der Waals surface area contributed by atoms with E-state index in [0.717, 1.165) is 11.3 Å². The summed E-state index contributed by atoms with van der Waals surface area (Å²) in [4.78, 5) is 49.5. The molecule has 7 rings (SSSR count). The molecule has 4 aliphatic heterocycles. The molecule has 1 unspecified atom stereocenters. The Kier molecular flexibility index (Phi) is 7.83. The van der Waals surface area contributed by atoms with Gasteiger partial charge in [-0.15, -0.1) is 0 Å². The van der Waals surface area contributed by atoms with Gasteiger partial charge in [-0.25, -0.2) is 0 Å². The molecule has 0 bridgehead atoms. The number of ether oxygens (including phenoxy) is 1. The molecule has 4 heterocycles. The third-order valence-electron chi connectivity index (χ3n) is 10.0. The number of aliphatic hydroxyl groups excluding tert-OH is 1. The van der Waals surface area contributed by atoms with Crippen molar-refractivity contribution in [3.05, 3.63) is 120 Å². The number of aliphatic hydroxyl groups is 1. The van der Waals surface area contributed by atoms with Crippen LogP contribution in [-0.4, -0.2) is 70.7 Å². The van der Waals surface area contributed by atoms with E-state index >= 15 is 4.79 Å². The Bertz CT molecular complexity index is 1700. The summed E-state index contributed by atoms with van der Waals surface area (Å²) in [6.07, 6.45) is 8.31. The Morgan fingerprint density at radius 3 is 2.07 bits per heavy atom. The van der Waals surface area contributed by atoms with Crippen molar-refractivity contribution in [2.24, 2.45) is 11.8 Å². The molecule has 236 valence electrons. The van der Waals surface area contributed by atoms with Crippen molar-refractivity contribution in [2.45, 2.75) is 43.1 Å². The summed E-state index contributed by atoms with van der Waals surface area (Å²) in [6, 6.07) is 24.1. The third-order valence-corrected chi connectivity index (χ3v) is 10.3. The van der Waals surface area contributed by atoms with Gasteiger partial charge in [-0.05, 0) is 54.8 Å². The van der Waals surface area contributed by atoms with Crippen LogP contribution in [0, 0.1) is 11.8 Å². The van der Waals surface area contributed by atoms with E-state index in [1.165, 1.54) is 4.90 Å². The monoisotopic (exact) mass is 637 g/mol. The molecule has 3 aromatic rings. The molecule has 6 atom stereocenters. The van der Waals surface area contributed by atoms with Gasteiger partial charge >= 0.3 is 0 Å². The summed E-state index contributed by atoms with van der Waals surface area (Å²) in [5.41, 5.74) is -0.291. The number of rotatable bonds is 7. The van der Waals surface area contributed by atoms with Crippen LogP contribution >= 0.6 is 11.6 Å². The minimum absolute atomic E-state index is 0.225. The number of para-hydroxylation sites is 1. The molecule has 0 aliphatic carbocycles. The summed E-state index contributed by atoms with van der Waals surface area (Å²) < 4.78 is 7.12. The van der Waals surface area contributed by atoms with Gasteiger partial charge in [0.05, 0.1) is 30.1 Å². The number of nitrogens with zero attached hydrogens (tertiary/aromatic N) is 3. The van der Waals surface area contributed by atoms with Crippen molar-refractivity contribution in [3.63, 3.8) is 0 Å². The number of anilines is 2. The first-order chi connectivity index (χ1) is 22.3. The van der Waals surface area contributed by atoms with E-state index in [0.29, 0.717) is 30.1 Å². The van der Waals surface area contributed by atoms with Crippen LogP contribution in [0.1, 0.15) is 18.9 Å². The van der Waals surface area contributed by atoms with Gasteiger partial charge in [0.1, 0.15) is 11.6 Å². The molecular formula is C37H36ClN3O5. The molecule has 2 fully saturated rings. The van der Waals surface area contributed by atoms with E-state index < -0.39 is 35.1 Å². The second kappa shape index (κ2) is 11.8. The molecule has 1 N–H and O–H groups in total. The number of likely N-dealkylation sites (tertiary alicyclic amines) is 1. The summed E-state index contributed by atoms with van der Waals surface area (Å²) in [7, 11) is 0. The van der Waals surface area contributed by atoms with E-state index in [1.807, 2.05) is 91.9 Å². The average molecular weight is 638 g/mol. The zero-order valence-corrected chi connectivity index (χ0v) is 26.3. The van der Waals surface area contributed by atoms with Crippen molar-refractivity contribution in [3.8, 4) is 0 Å². The number of halogens is 1. The maximum Gasteiger partial charge on any atom is 0.253 e. The Morgan fingerprint density at radius 2 is 1.41 bits per heavy atom. The smallest absolute Gasteiger partial charge is 0.253 e. The molecular weight excluding hydrogens is 602 g/mol. The van der Waals surface area contributed by atoms with Crippen LogP contribution in [-0.2, 0) is 25.5 Å². The Morgan fingerprint density at radius 1 is 0.804 bits per heavy atom. The lowest BCUT2D eigenvalue weighted by atomic mass is 9.73. The lowest BCUT2D eigenvalue weighted by Gasteiger charge is -2.41. The highest BCUT2D eigenvalue weighted by Gasteiger charge is 2.76. The van der Waals surface area contributed by atoms with Gasteiger partial charge in [-0.1, -0.05) is 91.4 Å². The standard InChI is InChI=1S/C37H36ClN3O5/c1-2-36-19-9-21-39(27-13-7-4-8-14-27)33(43)30(36)31-34(44)41(29(24-42)23-25-11-5-3-6-12-25)32-35(45)40(22-10-20-37(31,32)46-36)28-17-15-26(38)16-18-28/h3-20,29-32,42H,2,21-24H2,1H3/t29-,30+,31+,32?,36-,37+/m1/s1. The van der Waals surface area contributed by atoms with E-state index in [-0.39, 0.29) is 30.9 Å². The summed E-state index contributed by atoms with van der Waals surface area (Å²) in [6.45, 7) is 2.15. The van der Waals surface area contributed by atoms with Gasteiger partial charge in [0.25, 0.3) is 5.91 Å². The molecule has 0 aromatic heterocycles. The quantitative estimate of drug-likeness (QED) is 0.376. The fourth-order valence-electron chi connectivity index (χ4n) is 7.92. The molecule has 1 spiro atoms. The average Bonchev–Trinajstić information content (AvgIpc) is 3.37. The molecule has 0 radical (unpaired) electrons. The predicted molar refractivity (Wildman–Crippen MR) is 176 cm³/mol. The van der Waals surface area contributed by atoms with E-state index in [4.69, 9.17) is 16.3 Å². The number of hydrogen-bond acceptors (Lipinski definition) is 5. The summed E-state index contributed by atoms with van der Waals surface area (Å²) in [5.74, 6) is -2.82. The van der Waals surface area contributed by atoms with Gasteiger partial charge in [0.15, 0.2) is 0 Å². The van der Waals surface area contributed by atoms with Crippen LogP contribution in [0.25, 0.3) is 0 Å². The van der Waals surface area contributed by atoms with Gasteiger partial charge in [0, 0.05) is 29.5 Å². The molecule has 2 saturated heterocycles. The fraction of sp³-hybridized carbons (Fsp3) is 0.324. The second-order valence-corrected chi connectivity index (χ2v) is 12.8. The highest BCUT2D eigenvalue weighted by atomic mass is 35.5. The Labute approximate surface area is 273 Å². The SMILES string of the molecule is CC[C@@]12C=CCN(c3ccccc3)C(=O)[C@@H]1[C@H]1C(=O)N([C@@H](CO)Cc3ccccc3)C3C(=O)N(c4ccc(Cl)cc4)CC=C[C@@]31O2. The number of fused-ring (bicyclic) bond motifs is 2. The van der Waals surface area contributed by atoms with Gasteiger partial charge in [0.2, 0.25) is 11.8 Å². The zero-order chi connectivity index (χ0) is 32.1. The van der Waals surface area contributed by atoms with Crippen molar-refractivity contribution < 1.29 is 24.2 Å². The lowest BCUT2D eigenvalue weighted by Crippen LogP contribution is -2.59. The minimum Gasteiger partial charge on any atom is -0.394 e. The van der Waals surface area contributed by atoms with Crippen molar-refractivity contribution >= 4 is 40.7 Å². The van der Waals surface area contributed by atoms with Gasteiger partial charge in [-0.3, -0.25) is 14.4 Å². The maximum absolute atomic E-state index is 15.0. The van der Waals surface area contributed by atoms with Crippen LogP contribution in [0.3, 0.4) is 0 Å². The van der Waals surface area contributed by atoms with E-state index in [9.17, 15) is 14.7 Å². The molecule has 3 amide bonds. The molecule has 4 aliphatic rings. The van der Waals surface area contributed by atoms with Crippen LogP contribution in [0.4, 0.5) is 11.4 Å². The molecule has 8 nitrogen and oxygen atoms in total. The van der Waals surface area contributed by atoms with E-state index in [2.05, 4.69) is 0 Å². The van der Waals surface area contributed by atoms with Crippen LogP contribution in [0.2, 0.25) is 5.02 Å². The Balaban J connectivity index is 1.38. The molecule has 46 heavy (non-hydrogen) atoms. The Hall–Kier alpha value is -4.24. The topological polar surface area (TPSA) is 90.4 Å². The maximum atomic E-state index is 15.0. The number of carbonyl (C=O) groups is 3. The predicted octanol–water partition coefficient (Wildman–Crippen LogP) is 4.81. The summed E-state index contributed by atoms with van der Waals surface area (Å²) in [5, 5.41) is 11.4. The van der Waals surface area contributed by atoms with Crippen LogP contribution < -0.4 is 9.80 Å². The number of amides is 3. The highest BCUT2D eigenvalue weighted by Crippen LogP contribution is 2.59. The highest BCUT2D eigenvalue weighted by molar-refractivity contribution is 6.30. The number of benzene rings is 3. The first-order valence-corrected chi connectivity index (χ1v) is 16.2. The minimum atomic E-state index is -1.44. The largest absolute Gasteiger partial charge is 0.394 e. The van der Waals surface area contributed by atoms with Crippen molar-refractivity contribution in [2.75, 3.05) is 29.5 Å². The first kappa shape index (κ1) is 30.4. The fourth-order valence-corrected chi connectivity index (χ4v) is 8.05.